The van der Waals surface area contributed by atoms with Crippen LogP contribution in [0, 0.1) is 0 Å². The SMILES string of the molecule is C=CC(N)(CC(N)=O)C(=O)O. The van der Waals surface area contributed by atoms with Gasteiger partial charge < -0.3 is 16.6 Å². The van der Waals surface area contributed by atoms with Crippen molar-refractivity contribution >= 4 is 11.9 Å². The van der Waals surface area contributed by atoms with Gasteiger partial charge in [-0.25, -0.2) is 4.79 Å². The molecule has 0 aliphatic heterocycles. The number of carboxylic acids is 1. The highest BCUT2D eigenvalue weighted by Gasteiger charge is 2.32. The molecule has 0 aromatic heterocycles. The van der Waals surface area contributed by atoms with Gasteiger partial charge in [-0.15, -0.1) is 6.58 Å². The molecule has 0 saturated heterocycles. The number of primary amides is 1. The average Bonchev–Trinajstić information content (AvgIpc) is 1.86. The molecular weight excluding hydrogens is 148 g/mol. The number of carbonyl (C=O) groups is 2. The van der Waals surface area contributed by atoms with Crippen LogP contribution < -0.4 is 11.5 Å². The van der Waals surface area contributed by atoms with Gasteiger partial charge in [0.15, 0.2) is 0 Å². The Bertz CT molecular complexity index is 202. The van der Waals surface area contributed by atoms with Crippen molar-refractivity contribution in [3.63, 3.8) is 0 Å². The van der Waals surface area contributed by atoms with Gasteiger partial charge in [-0.3, -0.25) is 4.79 Å². The molecule has 1 amide bonds. The van der Waals surface area contributed by atoms with Crippen LogP contribution in [0.25, 0.3) is 0 Å². The van der Waals surface area contributed by atoms with Crippen LogP contribution in [0.15, 0.2) is 12.7 Å². The van der Waals surface area contributed by atoms with Gasteiger partial charge in [-0.05, 0) is 0 Å². The third-order valence-electron chi connectivity index (χ3n) is 1.23. The summed E-state index contributed by atoms with van der Waals surface area (Å²) in [4.78, 5) is 20.7. The van der Waals surface area contributed by atoms with E-state index in [-0.39, 0.29) is 0 Å². The van der Waals surface area contributed by atoms with E-state index in [9.17, 15) is 9.59 Å². The summed E-state index contributed by atoms with van der Waals surface area (Å²) < 4.78 is 0. The van der Waals surface area contributed by atoms with Crippen molar-refractivity contribution in [3.05, 3.63) is 12.7 Å². The van der Waals surface area contributed by atoms with Crippen molar-refractivity contribution in [1.29, 1.82) is 0 Å². The molecule has 0 spiro atoms. The topological polar surface area (TPSA) is 106 Å². The van der Waals surface area contributed by atoms with E-state index in [4.69, 9.17) is 16.6 Å². The van der Waals surface area contributed by atoms with E-state index in [1.54, 1.807) is 0 Å². The Balaban J connectivity index is 4.47. The number of rotatable bonds is 4. The molecule has 0 aromatic rings. The van der Waals surface area contributed by atoms with Gasteiger partial charge in [0, 0.05) is 0 Å². The molecule has 5 N–H and O–H groups in total. The van der Waals surface area contributed by atoms with Gasteiger partial charge in [0.2, 0.25) is 5.91 Å². The maximum atomic E-state index is 10.4. The van der Waals surface area contributed by atoms with Crippen molar-refractivity contribution in [2.24, 2.45) is 11.5 Å². The predicted octanol–water partition coefficient (Wildman–Crippen LogP) is -1.17. The average molecular weight is 158 g/mol. The fourth-order valence-electron chi connectivity index (χ4n) is 0.523. The number of hydrogen-bond acceptors (Lipinski definition) is 3. The van der Waals surface area contributed by atoms with Gasteiger partial charge in [0.05, 0.1) is 6.42 Å². The van der Waals surface area contributed by atoms with Crippen molar-refractivity contribution in [1.82, 2.24) is 0 Å². The van der Waals surface area contributed by atoms with E-state index in [1.807, 2.05) is 0 Å². The molecule has 5 nitrogen and oxygen atoms in total. The van der Waals surface area contributed by atoms with Crippen LogP contribution in [0.1, 0.15) is 6.42 Å². The second kappa shape index (κ2) is 3.16. The highest BCUT2D eigenvalue weighted by Crippen LogP contribution is 2.06. The highest BCUT2D eigenvalue weighted by molar-refractivity contribution is 5.88. The maximum Gasteiger partial charge on any atom is 0.328 e. The van der Waals surface area contributed by atoms with Crippen LogP contribution in [-0.4, -0.2) is 22.5 Å². The molecule has 1 atom stereocenters. The summed E-state index contributed by atoms with van der Waals surface area (Å²) in [5.74, 6) is -2.08. The molecule has 0 saturated carbocycles. The Kier molecular flexibility index (Phi) is 2.77. The number of nitrogens with two attached hydrogens (primary N) is 2. The van der Waals surface area contributed by atoms with Gasteiger partial charge >= 0.3 is 5.97 Å². The smallest absolute Gasteiger partial charge is 0.328 e. The van der Waals surface area contributed by atoms with E-state index in [0.717, 1.165) is 6.08 Å². The van der Waals surface area contributed by atoms with E-state index in [2.05, 4.69) is 6.58 Å². The largest absolute Gasteiger partial charge is 0.480 e. The van der Waals surface area contributed by atoms with Gasteiger partial charge in [-0.2, -0.15) is 0 Å². The first kappa shape index (κ1) is 9.64. The van der Waals surface area contributed by atoms with E-state index in [1.165, 1.54) is 0 Å². The quantitative estimate of drug-likeness (QED) is 0.448. The minimum Gasteiger partial charge on any atom is -0.480 e. The first-order valence-corrected chi connectivity index (χ1v) is 2.86. The summed E-state index contributed by atoms with van der Waals surface area (Å²) in [5.41, 5.74) is 8.25. The van der Waals surface area contributed by atoms with Crippen LogP contribution in [-0.2, 0) is 9.59 Å². The standard InChI is InChI=1S/C6H10N2O3/c1-2-6(8,5(10)11)3-4(7)9/h2H,1,3,8H2,(H2,7,9)(H,10,11). The first-order valence-electron chi connectivity index (χ1n) is 2.86. The molecule has 0 aliphatic rings. The van der Waals surface area contributed by atoms with Crippen molar-refractivity contribution in [3.8, 4) is 0 Å². The molecule has 5 heteroatoms. The molecule has 0 bridgehead atoms. The molecule has 0 aromatic carbocycles. The lowest BCUT2D eigenvalue weighted by atomic mass is 9.97. The van der Waals surface area contributed by atoms with Gasteiger partial charge in [0.25, 0.3) is 0 Å². The predicted molar refractivity (Wildman–Crippen MR) is 38.6 cm³/mol. The van der Waals surface area contributed by atoms with Crippen LogP contribution in [0.2, 0.25) is 0 Å². The third-order valence-corrected chi connectivity index (χ3v) is 1.23. The lowest BCUT2D eigenvalue weighted by molar-refractivity contribution is -0.143. The third kappa shape index (κ3) is 2.38. The molecule has 0 radical (unpaired) electrons. The summed E-state index contributed by atoms with van der Waals surface area (Å²) in [7, 11) is 0. The zero-order chi connectivity index (χ0) is 9.07. The van der Waals surface area contributed by atoms with Crippen LogP contribution in [0.3, 0.4) is 0 Å². The molecule has 0 aliphatic carbocycles. The molecule has 0 rings (SSSR count). The summed E-state index contributed by atoms with van der Waals surface area (Å²) in [6, 6.07) is 0. The number of amides is 1. The van der Waals surface area contributed by atoms with Crippen molar-refractivity contribution in [2.45, 2.75) is 12.0 Å². The minimum absolute atomic E-state index is 0.439. The summed E-state index contributed by atoms with van der Waals surface area (Å²) in [6.45, 7) is 3.19. The van der Waals surface area contributed by atoms with E-state index in [0.29, 0.717) is 0 Å². The van der Waals surface area contributed by atoms with E-state index >= 15 is 0 Å². The molecule has 62 valence electrons. The van der Waals surface area contributed by atoms with Gasteiger partial charge in [-0.1, -0.05) is 6.08 Å². The summed E-state index contributed by atoms with van der Waals surface area (Å²) in [6.07, 6.45) is 0.548. The first-order chi connectivity index (χ1) is 4.92. The van der Waals surface area contributed by atoms with Crippen molar-refractivity contribution < 1.29 is 14.7 Å². The normalized spacial score (nSPS) is 15.0. The van der Waals surface area contributed by atoms with Gasteiger partial charge in [0.1, 0.15) is 5.54 Å². The Morgan fingerprint density at radius 2 is 2.09 bits per heavy atom. The molecular formula is C6H10N2O3. The zero-order valence-corrected chi connectivity index (χ0v) is 5.91. The number of hydrogen-bond donors (Lipinski definition) is 3. The molecule has 0 fully saturated rings. The second-order valence-electron chi connectivity index (χ2n) is 2.19. The fraction of sp³-hybridized carbons (Fsp3) is 0.333. The maximum absolute atomic E-state index is 10.4. The Morgan fingerprint density at radius 1 is 1.64 bits per heavy atom. The Hall–Kier alpha value is -1.36. The van der Waals surface area contributed by atoms with Crippen LogP contribution in [0.5, 0.6) is 0 Å². The molecule has 11 heavy (non-hydrogen) atoms. The minimum atomic E-state index is -1.73. The summed E-state index contributed by atoms with van der Waals surface area (Å²) in [5, 5.41) is 8.48. The van der Waals surface area contributed by atoms with Crippen molar-refractivity contribution in [2.75, 3.05) is 0 Å². The molecule has 1 unspecified atom stereocenters. The lowest BCUT2D eigenvalue weighted by Gasteiger charge is -2.17. The second-order valence-corrected chi connectivity index (χ2v) is 2.19. The summed E-state index contributed by atoms with van der Waals surface area (Å²) >= 11 is 0. The van der Waals surface area contributed by atoms with Crippen LogP contribution in [0.4, 0.5) is 0 Å². The number of aliphatic carboxylic acids is 1. The monoisotopic (exact) mass is 158 g/mol. The molecule has 0 heterocycles. The fourth-order valence-corrected chi connectivity index (χ4v) is 0.523. The number of carboxylic acid groups (broad SMARTS) is 1. The van der Waals surface area contributed by atoms with E-state index < -0.39 is 23.8 Å². The Morgan fingerprint density at radius 3 is 2.18 bits per heavy atom. The lowest BCUT2D eigenvalue weighted by Crippen LogP contribution is -2.48. The Labute approximate surface area is 63.7 Å². The zero-order valence-electron chi connectivity index (χ0n) is 5.91. The number of carbonyl (C=O) groups excluding carboxylic acids is 1. The highest BCUT2D eigenvalue weighted by atomic mass is 16.4. The van der Waals surface area contributed by atoms with Crippen LogP contribution >= 0.6 is 0 Å².